The monoisotopic (exact) mass is 417 g/mol. The number of benzene rings is 2. The third-order valence-electron chi connectivity index (χ3n) is 2.84. The third-order valence-corrected chi connectivity index (χ3v) is 3.94. The van der Waals surface area contributed by atoms with E-state index in [9.17, 15) is 14.5 Å². The van der Waals surface area contributed by atoms with Gasteiger partial charge >= 0.3 is 0 Å². The highest BCUT2D eigenvalue weighted by molar-refractivity contribution is 9.10. The molecule has 0 unspecified atom stereocenters. The van der Waals surface area contributed by atoms with E-state index < -0.39 is 10.7 Å². The quantitative estimate of drug-likeness (QED) is 0.374. The molecule has 0 aromatic heterocycles. The molecule has 0 N–H and O–H groups in total. The molecule has 0 saturated heterocycles. The van der Waals surface area contributed by atoms with Crippen molar-refractivity contribution >= 4 is 37.5 Å². The number of hydrogen-bond donors (Lipinski definition) is 0. The van der Waals surface area contributed by atoms with Crippen LogP contribution in [0.15, 0.2) is 34.8 Å². The lowest BCUT2D eigenvalue weighted by Gasteiger charge is -2.11. The molecule has 2 rings (SSSR count). The van der Waals surface area contributed by atoms with Gasteiger partial charge < -0.3 is 4.74 Å². The molecule has 7 heteroatoms. The maximum atomic E-state index is 14.0. The summed E-state index contributed by atoms with van der Waals surface area (Å²) in [6, 6.07) is 7.60. The van der Waals surface area contributed by atoms with E-state index in [1.165, 1.54) is 13.0 Å². The summed E-state index contributed by atoms with van der Waals surface area (Å²) in [7, 11) is 0. The number of nitro benzene ring substituents is 1. The molecule has 2 aromatic rings. The number of rotatable bonds is 4. The van der Waals surface area contributed by atoms with Crippen LogP contribution in [0.1, 0.15) is 11.1 Å². The molecule has 0 aliphatic rings. The fourth-order valence-electron chi connectivity index (χ4n) is 1.77. The number of aryl methyl sites for hydroxylation is 1. The lowest BCUT2D eigenvalue weighted by atomic mass is 10.2. The van der Waals surface area contributed by atoms with Crippen LogP contribution < -0.4 is 4.74 Å². The molecule has 0 saturated carbocycles. The van der Waals surface area contributed by atoms with Crippen molar-refractivity contribution in [1.82, 2.24) is 0 Å². The van der Waals surface area contributed by atoms with Gasteiger partial charge in [0.1, 0.15) is 5.75 Å². The molecule has 21 heavy (non-hydrogen) atoms. The minimum atomic E-state index is -0.771. The molecule has 0 bridgehead atoms. The highest BCUT2D eigenvalue weighted by Gasteiger charge is 2.17. The molecule has 0 aliphatic carbocycles. The standard InChI is InChI=1S/C14H10Br2FNO3/c1-8-4-14(11(17)6-12(8)18(19)20)21-13-5-10(16)3-2-9(13)7-15/h2-6H,7H2,1H3. The summed E-state index contributed by atoms with van der Waals surface area (Å²) in [5.74, 6) is -0.334. The average molecular weight is 419 g/mol. The van der Waals surface area contributed by atoms with E-state index >= 15 is 0 Å². The van der Waals surface area contributed by atoms with Crippen LogP contribution in [0.2, 0.25) is 0 Å². The Morgan fingerprint density at radius 3 is 2.62 bits per heavy atom. The average Bonchev–Trinajstić information content (AvgIpc) is 2.42. The molecule has 0 heterocycles. The Morgan fingerprint density at radius 1 is 1.29 bits per heavy atom. The van der Waals surface area contributed by atoms with E-state index in [0.717, 1.165) is 16.1 Å². The van der Waals surface area contributed by atoms with Crippen LogP contribution in [-0.2, 0) is 5.33 Å². The summed E-state index contributed by atoms with van der Waals surface area (Å²) in [5.41, 5.74) is 0.912. The van der Waals surface area contributed by atoms with Crippen LogP contribution in [0, 0.1) is 22.9 Å². The van der Waals surface area contributed by atoms with Crippen molar-refractivity contribution in [1.29, 1.82) is 0 Å². The van der Waals surface area contributed by atoms with Crippen molar-refractivity contribution in [3.8, 4) is 11.5 Å². The second-order valence-corrected chi connectivity index (χ2v) is 5.79. The predicted molar refractivity (Wildman–Crippen MR) is 84.6 cm³/mol. The largest absolute Gasteiger partial charge is 0.454 e. The molecule has 0 fully saturated rings. The molecular weight excluding hydrogens is 409 g/mol. The van der Waals surface area contributed by atoms with Gasteiger partial charge in [0.2, 0.25) is 0 Å². The Hall–Kier alpha value is -1.47. The minimum Gasteiger partial charge on any atom is -0.454 e. The molecule has 2 aromatic carbocycles. The summed E-state index contributed by atoms with van der Waals surface area (Å²) in [4.78, 5) is 10.2. The summed E-state index contributed by atoms with van der Waals surface area (Å²) in [6.07, 6.45) is 0. The molecule has 110 valence electrons. The van der Waals surface area contributed by atoms with E-state index in [0.29, 0.717) is 16.6 Å². The van der Waals surface area contributed by atoms with Crippen LogP contribution in [0.25, 0.3) is 0 Å². The summed E-state index contributed by atoms with van der Waals surface area (Å²) >= 11 is 6.66. The first kappa shape index (κ1) is 15.9. The fraction of sp³-hybridized carbons (Fsp3) is 0.143. The third kappa shape index (κ3) is 3.59. The molecule has 4 nitrogen and oxygen atoms in total. The highest BCUT2D eigenvalue weighted by Crippen LogP contribution is 2.34. The second-order valence-electron chi connectivity index (χ2n) is 4.31. The molecule has 0 radical (unpaired) electrons. The van der Waals surface area contributed by atoms with Gasteiger partial charge in [-0.25, -0.2) is 4.39 Å². The lowest BCUT2D eigenvalue weighted by Crippen LogP contribution is -1.97. The van der Waals surface area contributed by atoms with Crippen molar-refractivity contribution in [3.63, 3.8) is 0 Å². The number of nitro groups is 1. The van der Waals surface area contributed by atoms with Crippen molar-refractivity contribution in [3.05, 3.63) is 61.9 Å². The van der Waals surface area contributed by atoms with Gasteiger partial charge in [-0.2, -0.15) is 0 Å². The Labute approximate surface area is 137 Å². The van der Waals surface area contributed by atoms with E-state index in [4.69, 9.17) is 4.74 Å². The number of halogens is 3. The first-order valence-electron chi connectivity index (χ1n) is 5.89. The maximum absolute atomic E-state index is 14.0. The van der Waals surface area contributed by atoms with Crippen molar-refractivity contribution in [2.24, 2.45) is 0 Å². The van der Waals surface area contributed by atoms with Crippen LogP contribution in [0.5, 0.6) is 11.5 Å². The Kier molecular flexibility index (Phi) is 4.95. The van der Waals surface area contributed by atoms with Gasteiger partial charge in [-0.05, 0) is 25.1 Å². The number of alkyl halides is 1. The zero-order valence-electron chi connectivity index (χ0n) is 10.9. The van der Waals surface area contributed by atoms with Gasteiger partial charge in [-0.15, -0.1) is 0 Å². The van der Waals surface area contributed by atoms with Gasteiger partial charge in [-0.3, -0.25) is 10.1 Å². The summed E-state index contributed by atoms with van der Waals surface area (Å²) < 4.78 is 20.3. The number of hydrogen-bond acceptors (Lipinski definition) is 3. The van der Waals surface area contributed by atoms with Gasteiger partial charge in [0, 0.05) is 20.9 Å². The van der Waals surface area contributed by atoms with Crippen molar-refractivity contribution in [2.45, 2.75) is 12.3 Å². The lowest BCUT2D eigenvalue weighted by molar-refractivity contribution is -0.385. The first-order chi connectivity index (χ1) is 9.92. The van der Waals surface area contributed by atoms with E-state index in [1.54, 1.807) is 6.07 Å². The van der Waals surface area contributed by atoms with Crippen LogP contribution in [-0.4, -0.2) is 4.92 Å². The van der Waals surface area contributed by atoms with Crippen molar-refractivity contribution in [2.75, 3.05) is 0 Å². The predicted octanol–water partition coefficient (Wildman–Crippen LogP) is 5.49. The van der Waals surface area contributed by atoms with Gasteiger partial charge in [-0.1, -0.05) is 37.9 Å². The topological polar surface area (TPSA) is 52.4 Å². The Balaban J connectivity index is 2.43. The van der Waals surface area contributed by atoms with Gasteiger partial charge in [0.25, 0.3) is 5.69 Å². The highest BCUT2D eigenvalue weighted by atomic mass is 79.9. The van der Waals surface area contributed by atoms with E-state index in [2.05, 4.69) is 31.9 Å². The van der Waals surface area contributed by atoms with E-state index in [1.807, 2.05) is 12.1 Å². The van der Waals surface area contributed by atoms with Crippen LogP contribution >= 0.6 is 31.9 Å². The number of nitrogens with zero attached hydrogens (tertiary/aromatic N) is 1. The van der Waals surface area contributed by atoms with Crippen LogP contribution in [0.3, 0.4) is 0 Å². The molecule has 0 atom stereocenters. The van der Waals surface area contributed by atoms with Crippen molar-refractivity contribution < 1.29 is 14.1 Å². The second kappa shape index (κ2) is 6.53. The van der Waals surface area contributed by atoms with Crippen LogP contribution in [0.4, 0.5) is 10.1 Å². The first-order valence-corrected chi connectivity index (χ1v) is 7.80. The molecule has 0 aliphatic heterocycles. The maximum Gasteiger partial charge on any atom is 0.275 e. The number of ether oxygens (including phenoxy) is 1. The van der Waals surface area contributed by atoms with E-state index in [-0.39, 0.29) is 11.4 Å². The normalized spacial score (nSPS) is 10.5. The molecule has 0 amide bonds. The fourth-order valence-corrected chi connectivity index (χ4v) is 2.58. The zero-order valence-corrected chi connectivity index (χ0v) is 14.1. The van der Waals surface area contributed by atoms with Gasteiger partial charge in [0.05, 0.1) is 11.0 Å². The zero-order chi connectivity index (χ0) is 15.6. The molecule has 0 spiro atoms. The summed E-state index contributed by atoms with van der Waals surface area (Å²) in [6.45, 7) is 1.54. The summed E-state index contributed by atoms with van der Waals surface area (Å²) in [5, 5.41) is 11.3. The van der Waals surface area contributed by atoms with Gasteiger partial charge in [0.15, 0.2) is 11.6 Å². The molecular formula is C14H10Br2FNO3. The SMILES string of the molecule is Cc1cc(Oc2cc(Br)ccc2CBr)c(F)cc1[N+](=O)[O-]. The Morgan fingerprint density at radius 2 is 2.00 bits per heavy atom. The smallest absolute Gasteiger partial charge is 0.275 e. The minimum absolute atomic E-state index is 0.0431. The Bertz CT molecular complexity index is 707.